The highest BCUT2D eigenvalue weighted by atomic mass is 16.4. The third-order valence-corrected chi connectivity index (χ3v) is 4.80. The van der Waals surface area contributed by atoms with Gasteiger partial charge in [0.05, 0.1) is 0 Å². The molecule has 0 fully saturated rings. The Labute approximate surface area is 153 Å². The molecule has 2 heteroatoms. The van der Waals surface area contributed by atoms with Crippen LogP contribution in [0.5, 0.6) is 0 Å². The fraction of sp³-hybridized carbons (Fsp3) is 0.522. The third kappa shape index (κ3) is 7.72. The van der Waals surface area contributed by atoms with E-state index in [9.17, 15) is 4.79 Å². The van der Waals surface area contributed by atoms with Gasteiger partial charge in [-0.25, -0.2) is 4.79 Å². The molecular weight excluding hydrogens is 308 g/mol. The van der Waals surface area contributed by atoms with Crippen LogP contribution in [0, 0.1) is 5.41 Å². The zero-order chi connectivity index (χ0) is 18.9. The van der Waals surface area contributed by atoms with Crippen molar-refractivity contribution in [3.05, 3.63) is 58.7 Å². The van der Waals surface area contributed by atoms with E-state index in [1.807, 2.05) is 18.2 Å². The summed E-state index contributed by atoms with van der Waals surface area (Å²) < 4.78 is 0. The van der Waals surface area contributed by atoms with Gasteiger partial charge in [0.1, 0.15) is 0 Å². The second-order valence-electron chi connectivity index (χ2n) is 7.69. The first-order chi connectivity index (χ1) is 11.8. The van der Waals surface area contributed by atoms with Gasteiger partial charge >= 0.3 is 5.97 Å². The molecule has 0 radical (unpaired) electrons. The zero-order valence-corrected chi connectivity index (χ0v) is 16.6. The van der Waals surface area contributed by atoms with Crippen molar-refractivity contribution in [1.82, 2.24) is 0 Å². The van der Waals surface area contributed by atoms with Gasteiger partial charge in [-0.05, 0) is 62.5 Å². The molecule has 0 aromatic carbocycles. The van der Waals surface area contributed by atoms with E-state index in [-0.39, 0.29) is 5.41 Å². The van der Waals surface area contributed by atoms with E-state index in [2.05, 4.69) is 39.8 Å². The van der Waals surface area contributed by atoms with Crippen LogP contribution < -0.4 is 0 Å². The van der Waals surface area contributed by atoms with Crippen LogP contribution in [0.1, 0.15) is 73.1 Å². The predicted octanol–water partition coefficient (Wildman–Crippen LogP) is 6.77. The number of hydrogen-bond acceptors (Lipinski definition) is 1. The highest BCUT2D eigenvalue weighted by molar-refractivity contribution is 5.81. The first-order valence-electron chi connectivity index (χ1n) is 9.43. The second-order valence-corrected chi connectivity index (χ2v) is 7.69. The number of allylic oxidation sites excluding steroid dienone is 9. The van der Waals surface area contributed by atoms with Crippen molar-refractivity contribution in [2.75, 3.05) is 0 Å². The number of hydrogen-bond donors (Lipinski definition) is 1. The van der Waals surface area contributed by atoms with Crippen LogP contribution in [0.2, 0.25) is 0 Å². The molecule has 0 saturated carbocycles. The smallest absolute Gasteiger partial charge is 0.328 e. The molecule has 0 unspecified atom stereocenters. The minimum atomic E-state index is -0.908. The minimum absolute atomic E-state index is 0.259. The summed E-state index contributed by atoms with van der Waals surface area (Å²) in [6.07, 6.45) is 19.0. The highest BCUT2D eigenvalue weighted by Gasteiger charge is 2.27. The van der Waals surface area contributed by atoms with Gasteiger partial charge in [0.15, 0.2) is 0 Å². The molecule has 2 nitrogen and oxygen atoms in total. The summed E-state index contributed by atoms with van der Waals surface area (Å²) in [5.74, 6) is -0.908. The molecule has 0 saturated heterocycles. The summed E-state index contributed by atoms with van der Waals surface area (Å²) in [6.45, 7) is 10.8. The molecule has 0 amide bonds. The molecule has 138 valence electrons. The maximum absolute atomic E-state index is 10.6. The fourth-order valence-corrected chi connectivity index (χ4v) is 3.35. The summed E-state index contributed by atoms with van der Waals surface area (Å²) in [5.41, 5.74) is 5.32. The Morgan fingerprint density at radius 3 is 2.56 bits per heavy atom. The summed E-state index contributed by atoms with van der Waals surface area (Å²) in [4.78, 5) is 10.6. The number of aliphatic carboxylic acids is 1. The lowest BCUT2D eigenvalue weighted by Gasteiger charge is -2.34. The predicted molar refractivity (Wildman–Crippen MR) is 108 cm³/mol. The van der Waals surface area contributed by atoms with Gasteiger partial charge in [-0.15, -0.1) is 0 Å². The molecule has 1 aliphatic carbocycles. The molecule has 0 aromatic heterocycles. The van der Waals surface area contributed by atoms with Crippen molar-refractivity contribution < 1.29 is 9.90 Å². The monoisotopic (exact) mass is 342 g/mol. The second kappa shape index (κ2) is 10.2. The molecule has 0 aliphatic heterocycles. The van der Waals surface area contributed by atoms with E-state index < -0.39 is 5.97 Å². The van der Waals surface area contributed by atoms with Gasteiger partial charge in [0, 0.05) is 6.08 Å². The van der Waals surface area contributed by atoms with E-state index in [0.29, 0.717) is 0 Å². The molecule has 1 N–H and O–H groups in total. The average molecular weight is 343 g/mol. The molecule has 0 atom stereocenters. The number of carboxylic acid groups (broad SMARTS) is 1. The lowest BCUT2D eigenvalue weighted by molar-refractivity contribution is -0.131. The van der Waals surface area contributed by atoms with E-state index in [1.54, 1.807) is 12.5 Å². The lowest BCUT2D eigenvalue weighted by atomic mass is 9.71. The Kier molecular flexibility index (Phi) is 8.68. The Balaban J connectivity index is 2.91. The van der Waals surface area contributed by atoms with Gasteiger partial charge in [-0.2, -0.15) is 0 Å². The van der Waals surface area contributed by atoms with Crippen LogP contribution in [0.3, 0.4) is 0 Å². The molecule has 0 spiro atoms. The summed E-state index contributed by atoms with van der Waals surface area (Å²) in [7, 11) is 0. The Hall–Kier alpha value is -1.83. The number of carboxylic acids is 1. The van der Waals surface area contributed by atoms with Gasteiger partial charge in [0.25, 0.3) is 0 Å². The molecule has 1 aliphatic rings. The quantitative estimate of drug-likeness (QED) is 0.390. The zero-order valence-electron chi connectivity index (χ0n) is 16.6. The van der Waals surface area contributed by atoms with E-state index >= 15 is 0 Å². The lowest BCUT2D eigenvalue weighted by Crippen LogP contribution is -2.20. The molecular formula is C23H34O2. The number of carbonyl (C=O) groups is 1. The average Bonchev–Trinajstić information content (AvgIpc) is 2.50. The van der Waals surface area contributed by atoms with Crippen molar-refractivity contribution in [3.63, 3.8) is 0 Å². The number of unbranched alkanes of at least 4 members (excludes halogenated alkanes) is 1. The first-order valence-corrected chi connectivity index (χ1v) is 9.43. The van der Waals surface area contributed by atoms with E-state index in [4.69, 9.17) is 5.11 Å². The molecule has 1 rings (SSSR count). The fourth-order valence-electron chi connectivity index (χ4n) is 3.35. The van der Waals surface area contributed by atoms with Gasteiger partial charge < -0.3 is 5.11 Å². The van der Waals surface area contributed by atoms with Crippen molar-refractivity contribution >= 4 is 5.97 Å². The molecule has 0 bridgehead atoms. The standard InChI is InChI=1S/C23H34O2/c1-6-7-12-20-13-9-16-23(4,5)21(20)15-14-18(2)10-8-11-19(3)17-22(24)25/h8,10-11,14-15,17H,6-7,9,12-13,16H2,1-5H3,(H,24,25)/b11-8+,15-14+,18-10+,19-17+. The van der Waals surface area contributed by atoms with Crippen molar-refractivity contribution in [3.8, 4) is 0 Å². The SMILES string of the molecule is CCCCC1=C(/C=C/C(C)=C/C=C/C(C)=C/C(=O)O)C(C)(C)CCC1. The van der Waals surface area contributed by atoms with Crippen LogP contribution in [-0.2, 0) is 4.79 Å². The summed E-state index contributed by atoms with van der Waals surface area (Å²) >= 11 is 0. The Morgan fingerprint density at radius 2 is 1.92 bits per heavy atom. The summed E-state index contributed by atoms with van der Waals surface area (Å²) in [6, 6.07) is 0. The Morgan fingerprint density at radius 1 is 1.20 bits per heavy atom. The minimum Gasteiger partial charge on any atom is -0.478 e. The van der Waals surface area contributed by atoms with Crippen LogP contribution >= 0.6 is 0 Å². The highest BCUT2D eigenvalue weighted by Crippen LogP contribution is 2.42. The molecule has 25 heavy (non-hydrogen) atoms. The van der Waals surface area contributed by atoms with Crippen LogP contribution in [-0.4, -0.2) is 11.1 Å². The maximum Gasteiger partial charge on any atom is 0.328 e. The van der Waals surface area contributed by atoms with Crippen LogP contribution in [0.15, 0.2) is 58.7 Å². The largest absolute Gasteiger partial charge is 0.478 e. The number of rotatable bonds is 8. The van der Waals surface area contributed by atoms with Crippen LogP contribution in [0.4, 0.5) is 0 Å². The molecule has 0 aromatic rings. The molecule has 0 heterocycles. The van der Waals surface area contributed by atoms with Gasteiger partial charge in [0.2, 0.25) is 0 Å². The maximum atomic E-state index is 10.6. The van der Waals surface area contributed by atoms with E-state index in [0.717, 1.165) is 5.57 Å². The van der Waals surface area contributed by atoms with Crippen LogP contribution in [0.25, 0.3) is 0 Å². The normalized spacial score (nSPS) is 19.2. The summed E-state index contributed by atoms with van der Waals surface area (Å²) in [5, 5.41) is 8.71. The van der Waals surface area contributed by atoms with E-state index in [1.165, 1.54) is 55.7 Å². The van der Waals surface area contributed by atoms with Gasteiger partial charge in [-0.3, -0.25) is 0 Å². The first kappa shape index (κ1) is 21.2. The van der Waals surface area contributed by atoms with Crippen molar-refractivity contribution in [2.45, 2.75) is 73.1 Å². The van der Waals surface area contributed by atoms with Crippen molar-refractivity contribution in [1.29, 1.82) is 0 Å². The van der Waals surface area contributed by atoms with Crippen molar-refractivity contribution in [2.24, 2.45) is 5.41 Å². The Bertz CT molecular complexity index is 610. The van der Waals surface area contributed by atoms with Gasteiger partial charge in [-0.1, -0.05) is 68.7 Å². The third-order valence-electron chi connectivity index (χ3n) is 4.80. The topological polar surface area (TPSA) is 37.3 Å².